The molecule has 2 amide bonds. The van der Waals surface area contributed by atoms with Crippen molar-refractivity contribution in [3.63, 3.8) is 0 Å². The van der Waals surface area contributed by atoms with E-state index in [1.807, 2.05) is 44.2 Å². The maximum absolute atomic E-state index is 13.5. The minimum atomic E-state index is -0.544. The van der Waals surface area contributed by atoms with Crippen LogP contribution in [-0.2, 0) is 9.59 Å². The second-order valence-corrected chi connectivity index (χ2v) is 9.27. The fourth-order valence-corrected chi connectivity index (χ4v) is 4.56. The number of nitrogens with one attached hydrogen (secondary N) is 1. The van der Waals surface area contributed by atoms with E-state index in [0.29, 0.717) is 17.2 Å². The first-order chi connectivity index (χ1) is 16.2. The zero-order chi connectivity index (χ0) is 24.6. The third kappa shape index (κ3) is 4.32. The number of benzene rings is 2. The molecule has 1 fully saturated rings. The molecule has 0 saturated carbocycles. The average Bonchev–Trinajstić information content (AvgIpc) is 3.10. The molecule has 174 valence electrons. The number of carbonyl (C=O) groups excluding carboxylic acids is 2. The first kappa shape index (κ1) is 24.0. The summed E-state index contributed by atoms with van der Waals surface area (Å²) in [5, 5.41) is 2.61. The van der Waals surface area contributed by atoms with Gasteiger partial charge in [0, 0.05) is 26.7 Å². The summed E-state index contributed by atoms with van der Waals surface area (Å²) in [7, 11) is 3.03. The number of nitrogens with zero attached hydrogens (tertiary/aromatic N) is 2. The number of halogens is 1. The Balaban J connectivity index is 1.77. The molecule has 0 aliphatic carbocycles. The summed E-state index contributed by atoms with van der Waals surface area (Å²) in [5.41, 5.74) is 4.06. The molecule has 0 bridgehead atoms. The summed E-state index contributed by atoms with van der Waals surface area (Å²) in [6.07, 6.45) is 1.61. The third-order valence-corrected chi connectivity index (χ3v) is 6.59. The molecule has 0 atom stereocenters. The van der Waals surface area contributed by atoms with Crippen molar-refractivity contribution in [1.82, 2.24) is 9.88 Å². The van der Waals surface area contributed by atoms with Crippen LogP contribution in [0.4, 0.5) is 5.69 Å². The lowest BCUT2D eigenvalue weighted by molar-refractivity contribution is -0.122. The van der Waals surface area contributed by atoms with Crippen LogP contribution in [0.25, 0.3) is 11.8 Å². The van der Waals surface area contributed by atoms with Crippen molar-refractivity contribution in [1.29, 1.82) is 0 Å². The van der Waals surface area contributed by atoms with Crippen LogP contribution in [0.2, 0.25) is 0 Å². The van der Waals surface area contributed by atoms with Crippen LogP contribution in [0.3, 0.4) is 0 Å². The van der Waals surface area contributed by atoms with E-state index in [1.54, 1.807) is 31.4 Å². The quantitative estimate of drug-likeness (QED) is 0.205. The summed E-state index contributed by atoms with van der Waals surface area (Å²) in [5.74, 6) is -0.115. The lowest BCUT2D eigenvalue weighted by atomic mass is 10.1. The molecule has 2 aromatic carbocycles. The van der Waals surface area contributed by atoms with Crippen LogP contribution in [-0.4, -0.2) is 35.7 Å². The minimum Gasteiger partial charge on any atom is -0.497 e. The summed E-state index contributed by atoms with van der Waals surface area (Å²) >= 11 is 7.59. The van der Waals surface area contributed by atoms with Crippen molar-refractivity contribution in [3.8, 4) is 17.2 Å². The van der Waals surface area contributed by atoms with Gasteiger partial charge in [-0.05, 0) is 103 Å². The number of aromatic nitrogens is 1. The number of anilines is 1. The largest absolute Gasteiger partial charge is 0.497 e. The number of carbonyl (C=O) groups is 2. The lowest BCUT2D eigenvalue weighted by Crippen LogP contribution is -2.54. The molecule has 0 spiro atoms. The van der Waals surface area contributed by atoms with E-state index < -0.39 is 11.8 Å². The molecule has 7 nitrogen and oxygen atoms in total. The van der Waals surface area contributed by atoms with Gasteiger partial charge in [-0.25, -0.2) is 4.90 Å². The van der Waals surface area contributed by atoms with Gasteiger partial charge in [-0.2, -0.15) is 0 Å². The minimum absolute atomic E-state index is 0.0139. The first-order valence-corrected chi connectivity index (χ1v) is 11.8. The monoisotopic (exact) mass is 587 g/mol. The van der Waals surface area contributed by atoms with Crippen LogP contribution in [0.15, 0.2) is 54.1 Å². The number of methoxy groups -OCH3 is 2. The van der Waals surface area contributed by atoms with Gasteiger partial charge in [-0.15, -0.1) is 0 Å². The highest BCUT2D eigenvalue weighted by Gasteiger charge is 2.36. The maximum Gasteiger partial charge on any atom is 0.270 e. The lowest BCUT2D eigenvalue weighted by Gasteiger charge is -2.30. The molecule has 34 heavy (non-hydrogen) atoms. The van der Waals surface area contributed by atoms with Gasteiger partial charge in [0.2, 0.25) is 0 Å². The number of rotatable bonds is 5. The van der Waals surface area contributed by atoms with Crippen LogP contribution in [0, 0.1) is 17.4 Å². The Bertz CT molecular complexity index is 1340. The second kappa shape index (κ2) is 9.59. The van der Waals surface area contributed by atoms with Crippen molar-refractivity contribution in [2.45, 2.75) is 13.8 Å². The average molecular weight is 587 g/mol. The molecule has 3 aromatic rings. The van der Waals surface area contributed by atoms with Crippen LogP contribution in [0.1, 0.15) is 17.0 Å². The number of amides is 2. The van der Waals surface area contributed by atoms with Crippen molar-refractivity contribution in [3.05, 3.63) is 74.6 Å². The number of hydrogen-bond donors (Lipinski definition) is 1. The Labute approximate surface area is 216 Å². The van der Waals surface area contributed by atoms with E-state index in [9.17, 15) is 9.59 Å². The normalized spacial score (nSPS) is 15.0. The molecular formula is C25H22IN3O4S. The predicted molar refractivity (Wildman–Crippen MR) is 144 cm³/mol. The van der Waals surface area contributed by atoms with Crippen molar-refractivity contribution >= 4 is 63.5 Å². The Morgan fingerprint density at radius 1 is 1.00 bits per heavy atom. The predicted octanol–water partition coefficient (Wildman–Crippen LogP) is 4.55. The van der Waals surface area contributed by atoms with Gasteiger partial charge in [-0.3, -0.25) is 14.9 Å². The molecule has 1 N–H and O–H groups in total. The van der Waals surface area contributed by atoms with E-state index in [2.05, 4.69) is 32.5 Å². The van der Waals surface area contributed by atoms with Crippen molar-refractivity contribution < 1.29 is 19.1 Å². The van der Waals surface area contributed by atoms with Gasteiger partial charge in [-0.1, -0.05) is 0 Å². The van der Waals surface area contributed by atoms with E-state index in [-0.39, 0.29) is 10.7 Å². The Morgan fingerprint density at radius 2 is 1.71 bits per heavy atom. The zero-order valence-electron chi connectivity index (χ0n) is 19.0. The SMILES string of the molecule is COc1ccc(N2C(=O)/C(=C\c3cc(C)n(-c4ccc(I)cc4)c3C)C(=O)NC2=S)c(OC)c1. The van der Waals surface area contributed by atoms with E-state index in [1.165, 1.54) is 12.0 Å². The van der Waals surface area contributed by atoms with E-state index in [4.69, 9.17) is 21.7 Å². The van der Waals surface area contributed by atoms with Gasteiger partial charge in [0.25, 0.3) is 11.8 Å². The number of thiocarbonyl (C=S) groups is 1. The molecule has 1 aromatic heterocycles. The highest BCUT2D eigenvalue weighted by molar-refractivity contribution is 14.1. The van der Waals surface area contributed by atoms with E-state index >= 15 is 0 Å². The van der Waals surface area contributed by atoms with Gasteiger partial charge in [0.15, 0.2) is 5.11 Å². The second-order valence-electron chi connectivity index (χ2n) is 7.63. The summed E-state index contributed by atoms with van der Waals surface area (Å²) in [4.78, 5) is 27.6. The van der Waals surface area contributed by atoms with Crippen LogP contribution in [0.5, 0.6) is 11.5 Å². The molecule has 0 unspecified atom stereocenters. The maximum atomic E-state index is 13.5. The van der Waals surface area contributed by atoms with Crippen LogP contribution >= 0.6 is 34.8 Å². The topological polar surface area (TPSA) is 72.8 Å². The standard InChI is InChI=1S/C25H22IN3O4S/c1-14-11-16(15(2)28(14)18-7-5-17(26)6-8-18)12-20-23(30)27-25(34)29(24(20)31)21-10-9-19(32-3)13-22(21)33-4/h5-13H,1-4H3,(H,27,30,34)/b20-12-. The Kier molecular flexibility index (Phi) is 6.76. The van der Waals surface area contributed by atoms with Crippen LogP contribution < -0.4 is 19.7 Å². The molecular weight excluding hydrogens is 565 g/mol. The summed E-state index contributed by atoms with van der Waals surface area (Å²) in [6, 6.07) is 15.1. The summed E-state index contributed by atoms with van der Waals surface area (Å²) in [6.45, 7) is 3.94. The molecule has 1 aliphatic heterocycles. The summed E-state index contributed by atoms with van der Waals surface area (Å²) < 4.78 is 13.9. The molecule has 0 radical (unpaired) electrons. The molecule has 1 saturated heterocycles. The van der Waals surface area contributed by atoms with Crippen molar-refractivity contribution in [2.75, 3.05) is 19.1 Å². The fourth-order valence-electron chi connectivity index (χ4n) is 3.92. The number of aryl methyl sites for hydroxylation is 1. The third-order valence-electron chi connectivity index (χ3n) is 5.58. The number of ether oxygens (including phenoxy) is 2. The van der Waals surface area contributed by atoms with Gasteiger partial charge >= 0.3 is 0 Å². The molecule has 1 aliphatic rings. The molecule has 9 heteroatoms. The van der Waals surface area contributed by atoms with E-state index in [0.717, 1.165) is 26.2 Å². The molecule has 2 heterocycles. The van der Waals surface area contributed by atoms with Gasteiger partial charge in [0.05, 0.1) is 19.9 Å². The first-order valence-electron chi connectivity index (χ1n) is 10.3. The Morgan fingerprint density at radius 3 is 2.35 bits per heavy atom. The van der Waals surface area contributed by atoms with Gasteiger partial charge < -0.3 is 14.0 Å². The highest BCUT2D eigenvalue weighted by atomic mass is 127. The van der Waals surface area contributed by atoms with Crippen molar-refractivity contribution in [2.24, 2.45) is 0 Å². The number of hydrogen-bond acceptors (Lipinski definition) is 5. The highest BCUT2D eigenvalue weighted by Crippen LogP contribution is 2.34. The smallest absolute Gasteiger partial charge is 0.270 e. The zero-order valence-corrected chi connectivity index (χ0v) is 22.0. The Hall–Kier alpha value is -3.18. The fraction of sp³-hybridized carbons (Fsp3) is 0.160. The van der Waals surface area contributed by atoms with Gasteiger partial charge in [0.1, 0.15) is 17.1 Å². The molecule has 4 rings (SSSR count).